The lowest BCUT2D eigenvalue weighted by atomic mass is 9.97. The maximum absolute atomic E-state index is 14.9. The topological polar surface area (TPSA) is 87.4 Å². The molecule has 0 spiro atoms. The number of carbonyl (C=O) groups excluding carboxylic acids is 1. The molecule has 0 unspecified atom stereocenters. The Morgan fingerprint density at radius 1 is 1.06 bits per heavy atom. The van der Waals surface area contributed by atoms with Crippen molar-refractivity contribution in [1.82, 2.24) is 9.97 Å². The molecular weight excluding hydrogens is 457 g/mol. The Morgan fingerprint density at radius 3 is 2.31 bits per heavy atom. The lowest BCUT2D eigenvalue weighted by Crippen LogP contribution is -2.40. The first-order chi connectivity index (χ1) is 16.6. The predicted octanol–water partition coefficient (Wildman–Crippen LogP) is 5.26. The van der Waals surface area contributed by atoms with Crippen LogP contribution in [0.15, 0.2) is 18.2 Å². The largest absolute Gasteiger partial charge is 0.399 e. The smallest absolute Gasteiger partial charge is 0.261 e. The molecule has 2 saturated heterocycles. The number of carbonyl (C=O) groups is 1. The summed E-state index contributed by atoms with van der Waals surface area (Å²) in [6.45, 7) is 9.55. The highest BCUT2D eigenvalue weighted by Crippen LogP contribution is 2.32. The number of alkyl halides is 2. The Kier molecular flexibility index (Phi) is 8.45. The van der Waals surface area contributed by atoms with E-state index >= 15 is 0 Å². The van der Waals surface area contributed by atoms with Gasteiger partial charge in [0.25, 0.3) is 11.8 Å². The highest BCUT2D eigenvalue weighted by Gasteiger charge is 2.35. The van der Waals surface area contributed by atoms with Crippen LogP contribution in [0.2, 0.25) is 0 Å². The van der Waals surface area contributed by atoms with Crippen LogP contribution in [-0.2, 0) is 0 Å². The summed E-state index contributed by atoms with van der Waals surface area (Å²) in [7, 11) is 0. The summed E-state index contributed by atoms with van der Waals surface area (Å²) >= 11 is 0. The van der Waals surface area contributed by atoms with E-state index in [1.54, 1.807) is 24.0 Å². The first-order valence-electron chi connectivity index (χ1n) is 12.2. The van der Waals surface area contributed by atoms with Gasteiger partial charge in [0.2, 0.25) is 5.95 Å². The summed E-state index contributed by atoms with van der Waals surface area (Å²) in [5, 5.41) is 2.67. The number of hydrogen-bond donors (Lipinski definition) is 2. The number of hydrogen-bond acceptors (Lipinski definition) is 6. The molecule has 4 rings (SSSR count). The van der Waals surface area contributed by atoms with Crippen LogP contribution in [-0.4, -0.2) is 48.0 Å². The molecule has 2 aromatic rings. The summed E-state index contributed by atoms with van der Waals surface area (Å²) in [4.78, 5) is 25.5. The third-order valence-electron chi connectivity index (χ3n) is 6.30. The molecule has 1 aromatic carbocycles. The van der Waals surface area contributed by atoms with E-state index in [1.165, 1.54) is 0 Å². The number of aryl methyl sites for hydroxylation is 1. The molecule has 7 nitrogen and oxygen atoms in total. The first-order valence-corrected chi connectivity index (χ1v) is 12.2. The Labute approximate surface area is 204 Å². The number of amides is 1. The molecule has 3 N–H and O–H groups in total. The minimum atomic E-state index is -2.69. The van der Waals surface area contributed by atoms with Gasteiger partial charge in [0.1, 0.15) is 11.6 Å². The average molecular weight is 493 g/mol. The first kappa shape index (κ1) is 26.6. The van der Waals surface area contributed by atoms with E-state index in [9.17, 15) is 18.0 Å². The summed E-state index contributed by atoms with van der Waals surface area (Å²) in [5.41, 5.74) is 7.06. The van der Waals surface area contributed by atoms with Crippen LogP contribution in [0.4, 0.5) is 36.3 Å². The number of nitrogens with zero attached hydrogens (tertiary/aromatic N) is 4. The van der Waals surface area contributed by atoms with Crippen LogP contribution in [0.5, 0.6) is 0 Å². The monoisotopic (exact) mass is 492 g/mol. The zero-order valence-corrected chi connectivity index (χ0v) is 20.9. The minimum Gasteiger partial charge on any atom is -0.399 e. The summed E-state index contributed by atoms with van der Waals surface area (Å²) in [6, 6.07) is 4.32. The molecule has 2 fully saturated rings. The number of piperidine rings is 2. The maximum atomic E-state index is 14.9. The summed E-state index contributed by atoms with van der Waals surface area (Å²) in [6.07, 6.45) is 1.34. The number of rotatable bonds is 4. The standard InChI is InChI=1S/C23H29F3N6O.C2H6/c1-14-3-7-31(8-4-14)18-13-16(27)12-17(24)20(18)21(33)29-19-11-15(2)28-22(30-19)32-9-5-23(25,26)6-10-32;1-2/h11-14H,3-10,27H2,1-2H3,(H,28,29,30,33);1-2H3. The summed E-state index contributed by atoms with van der Waals surface area (Å²) < 4.78 is 42.0. The van der Waals surface area contributed by atoms with E-state index in [0.29, 0.717) is 30.4 Å². The van der Waals surface area contributed by atoms with Gasteiger partial charge >= 0.3 is 0 Å². The highest BCUT2D eigenvalue weighted by molar-refractivity contribution is 6.08. The van der Waals surface area contributed by atoms with E-state index in [2.05, 4.69) is 22.2 Å². The quantitative estimate of drug-likeness (QED) is 0.567. The van der Waals surface area contributed by atoms with Crippen molar-refractivity contribution in [3.63, 3.8) is 0 Å². The third kappa shape index (κ3) is 6.55. The third-order valence-corrected chi connectivity index (χ3v) is 6.30. The van der Waals surface area contributed by atoms with E-state index < -0.39 is 17.6 Å². The highest BCUT2D eigenvalue weighted by atomic mass is 19.3. The van der Waals surface area contributed by atoms with Gasteiger partial charge in [0.15, 0.2) is 0 Å². The normalized spacial score (nSPS) is 18.0. The van der Waals surface area contributed by atoms with Crippen LogP contribution in [0.25, 0.3) is 0 Å². The van der Waals surface area contributed by atoms with Crippen molar-refractivity contribution < 1.29 is 18.0 Å². The predicted molar refractivity (Wildman–Crippen MR) is 134 cm³/mol. The lowest BCUT2D eigenvalue weighted by Gasteiger charge is -2.33. The minimum absolute atomic E-state index is 0.0887. The van der Waals surface area contributed by atoms with Crippen LogP contribution < -0.4 is 20.9 Å². The van der Waals surface area contributed by atoms with Crippen LogP contribution in [0.3, 0.4) is 0 Å². The van der Waals surface area contributed by atoms with Gasteiger partial charge in [-0.3, -0.25) is 4.79 Å². The molecule has 0 atom stereocenters. The Bertz CT molecular complexity index is 1030. The van der Waals surface area contributed by atoms with Gasteiger partial charge in [-0.05, 0) is 37.8 Å². The zero-order chi connectivity index (χ0) is 25.8. The second-order valence-corrected chi connectivity index (χ2v) is 9.06. The molecule has 2 aliphatic heterocycles. The van der Waals surface area contributed by atoms with Crippen molar-refractivity contribution in [3.05, 3.63) is 35.3 Å². The molecule has 35 heavy (non-hydrogen) atoms. The number of benzene rings is 1. The zero-order valence-electron chi connectivity index (χ0n) is 20.9. The Balaban J connectivity index is 0.00000167. The van der Waals surface area contributed by atoms with Gasteiger partial charge < -0.3 is 20.9 Å². The molecule has 0 aliphatic carbocycles. The molecule has 0 saturated carbocycles. The number of nitrogens with one attached hydrogen (secondary N) is 1. The van der Waals surface area contributed by atoms with Gasteiger partial charge in [-0.1, -0.05) is 20.8 Å². The molecule has 1 amide bonds. The van der Waals surface area contributed by atoms with Gasteiger partial charge in [-0.25, -0.2) is 18.2 Å². The maximum Gasteiger partial charge on any atom is 0.261 e. The van der Waals surface area contributed by atoms with Crippen molar-refractivity contribution in [1.29, 1.82) is 0 Å². The van der Waals surface area contributed by atoms with E-state index in [0.717, 1.165) is 18.9 Å². The average Bonchev–Trinajstić information content (AvgIpc) is 2.80. The van der Waals surface area contributed by atoms with Crippen molar-refractivity contribution in [2.75, 3.05) is 47.0 Å². The van der Waals surface area contributed by atoms with Crippen LogP contribution in [0.1, 0.15) is 62.5 Å². The number of aromatic nitrogens is 2. The van der Waals surface area contributed by atoms with Crippen molar-refractivity contribution >= 4 is 29.0 Å². The van der Waals surface area contributed by atoms with Crippen LogP contribution >= 0.6 is 0 Å². The van der Waals surface area contributed by atoms with Gasteiger partial charge in [-0.15, -0.1) is 0 Å². The second kappa shape index (κ2) is 11.1. The van der Waals surface area contributed by atoms with E-state index in [-0.39, 0.29) is 48.9 Å². The fraction of sp³-hybridized carbons (Fsp3) is 0.560. The Morgan fingerprint density at radius 2 is 1.69 bits per heavy atom. The number of anilines is 4. The molecule has 0 radical (unpaired) electrons. The number of halogens is 3. The van der Waals surface area contributed by atoms with Gasteiger partial charge in [-0.2, -0.15) is 4.98 Å². The van der Waals surface area contributed by atoms with Crippen LogP contribution in [0, 0.1) is 18.7 Å². The molecule has 2 aliphatic rings. The van der Waals surface area contributed by atoms with E-state index in [1.807, 2.05) is 18.7 Å². The van der Waals surface area contributed by atoms with Crippen molar-refractivity contribution in [2.45, 2.75) is 59.3 Å². The molecule has 10 heteroatoms. The second-order valence-electron chi connectivity index (χ2n) is 9.06. The SMILES string of the molecule is CC.Cc1cc(NC(=O)c2c(F)cc(N)cc2N2CCC(C)CC2)nc(N2CCC(F)(F)CC2)n1. The number of nitrogen functional groups attached to an aromatic ring is 1. The van der Waals surface area contributed by atoms with E-state index in [4.69, 9.17) is 5.73 Å². The molecule has 3 heterocycles. The van der Waals surface area contributed by atoms with Gasteiger partial charge in [0.05, 0.1) is 11.3 Å². The molecule has 192 valence electrons. The molecular formula is C25H35F3N6O. The Hall–Kier alpha value is -3.04. The van der Waals surface area contributed by atoms with Gasteiger partial charge in [0, 0.05) is 56.5 Å². The van der Waals surface area contributed by atoms with Crippen molar-refractivity contribution in [3.8, 4) is 0 Å². The lowest BCUT2D eigenvalue weighted by molar-refractivity contribution is -0.0222. The fourth-order valence-corrected chi connectivity index (χ4v) is 4.31. The molecule has 0 bridgehead atoms. The number of nitrogens with two attached hydrogens (primary N) is 1. The summed E-state index contributed by atoms with van der Waals surface area (Å²) in [5.74, 6) is -3.01. The van der Waals surface area contributed by atoms with Crippen molar-refractivity contribution in [2.24, 2.45) is 5.92 Å². The fourth-order valence-electron chi connectivity index (χ4n) is 4.31. The molecule has 1 aromatic heterocycles.